The van der Waals surface area contributed by atoms with Crippen LogP contribution in [0, 0.1) is 0 Å². The van der Waals surface area contributed by atoms with Gasteiger partial charge in [0, 0.05) is 17.8 Å². The molecule has 90 valence electrons. The van der Waals surface area contributed by atoms with Gasteiger partial charge in [-0.05, 0) is 27.2 Å². The van der Waals surface area contributed by atoms with Crippen molar-refractivity contribution in [2.24, 2.45) is 0 Å². The minimum absolute atomic E-state index is 0.00713. The maximum absolute atomic E-state index is 4.16. The van der Waals surface area contributed by atoms with Crippen LogP contribution in [0.15, 0.2) is 12.3 Å². The molecule has 0 bridgehead atoms. The monoisotopic (exact) mass is 212 g/mol. The third-order valence-corrected chi connectivity index (χ3v) is 2.49. The van der Waals surface area contributed by atoms with E-state index in [9.17, 15) is 0 Å². The Balaban J connectivity index is 4.53. The van der Waals surface area contributed by atoms with E-state index in [0.29, 0.717) is 12.1 Å². The molecule has 15 heavy (non-hydrogen) atoms. The maximum Gasteiger partial charge on any atom is 0.0550 e. The summed E-state index contributed by atoms with van der Waals surface area (Å²) in [6.45, 7) is 17.3. The van der Waals surface area contributed by atoms with Crippen LogP contribution in [0.25, 0.3) is 0 Å². The highest BCUT2D eigenvalue weighted by Crippen LogP contribution is 2.20. The largest absolute Gasteiger partial charge is 0.385 e. The molecular weight excluding hydrogens is 184 g/mol. The van der Waals surface area contributed by atoms with Crippen molar-refractivity contribution in [1.82, 2.24) is 10.6 Å². The van der Waals surface area contributed by atoms with Crippen LogP contribution in [-0.4, -0.2) is 17.6 Å². The third kappa shape index (κ3) is 5.22. The van der Waals surface area contributed by atoms with Crippen molar-refractivity contribution in [3.05, 3.63) is 12.3 Å². The van der Waals surface area contributed by atoms with Gasteiger partial charge in [-0.2, -0.15) is 0 Å². The normalized spacial score (nSPS) is 15.5. The van der Waals surface area contributed by atoms with Crippen LogP contribution in [0.5, 0.6) is 0 Å². The lowest BCUT2D eigenvalue weighted by molar-refractivity contribution is 0.330. The fourth-order valence-corrected chi connectivity index (χ4v) is 1.96. The van der Waals surface area contributed by atoms with Crippen LogP contribution in [0.4, 0.5) is 0 Å². The molecule has 0 radical (unpaired) electrons. The molecule has 2 nitrogen and oxygen atoms in total. The molecule has 0 spiro atoms. The van der Waals surface area contributed by atoms with Crippen LogP contribution < -0.4 is 10.6 Å². The van der Waals surface area contributed by atoms with E-state index in [0.717, 1.165) is 18.5 Å². The van der Waals surface area contributed by atoms with Crippen molar-refractivity contribution in [3.8, 4) is 0 Å². The van der Waals surface area contributed by atoms with Crippen molar-refractivity contribution in [2.45, 2.75) is 72.0 Å². The topological polar surface area (TPSA) is 24.1 Å². The second-order valence-corrected chi connectivity index (χ2v) is 5.16. The molecule has 0 amide bonds. The van der Waals surface area contributed by atoms with Crippen LogP contribution in [0.2, 0.25) is 0 Å². The first kappa shape index (κ1) is 14.5. The molecule has 1 unspecified atom stereocenters. The van der Waals surface area contributed by atoms with Crippen molar-refractivity contribution in [3.63, 3.8) is 0 Å². The lowest BCUT2D eigenvalue weighted by atomic mass is 9.91. The second kappa shape index (κ2) is 6.16. The highest BCUT2D eigenvalue weighted by molar-refractivity contribution is 5.14. The average Bonchev–Trinajstić information content (AvgIpc) is 2.01. The van der Waals surface area contributed by atoms with E-state index >= 15 is 0 Å². The van der Waals surface area contributed by atoms with Crippen LogP contribution in [-0.2, 0) is 0 Å². The Morgan fingerprint density at radius 2 is 1.73 bits per heavy atom. The van der Waals surface area contributed by atoms with Gasteiger partial charge in [-0.25, -0.2) is 0 Å². The first-order valence-corrected chi connectivity index (χ1v) is 6.05. The van der Waals surface area contributed by atoms with E-state index in [-0.39, 0.29) is 5.54 Å². The minimum atomic E-state index is 0.00713. The Bertz CT molecular complexity index is 197. The molecule has 0 aromatic carbocycles. The SMILES string of the molecule is C=C(NC(C)C)C(C)(CCC)NC(C)C. The van der Waals surface area contributed by atoms with Gasteiger partial charge in [0.2, 0.25) is 0 Å². The first-order chi connectivity index (χ1) is 6.81. The molecule has 2 heteroatoms. The molecular formula is C13H28N2. The third-order valence-electron chi connectivity index (χ3n) is 2.49. The van der Waals surface area contributed by atoms with Crippen LogP contribution in [0.1, 0.15) is 54.4 Å². The molecule has 0 fully saturated rings. The Morgan fingerprint density at radius 3 is 2.07 bits per heavy atom. The molecule has 0 aromatic rings. The quantitative estimate of drug-likeness (QED) is 0.678. The molecule has 0 heterocycles. The first-order valence-electron chi connectivity index (χ1n) is 6.05. The predicted molar refractivity (Wildman–Crippen MR) is 69.0 cm³/mol. The molecule has 0 saturated carbocycles. The van der Waals surface area contributed by atoms with E-state index in [1.807, 2.05) is 0 Å². The summed E-state index contributed by atoms with van der Waals surface area (Å²) in [5.74, 6) is 0. The molecule has 0 rings (SSSR count). The maximum atomic E-state index is 4.16. The van der Waals surface area contributed by atoms with Crippen LogP contribution in [0.3, 0.4) is 0 Å². The van der Waals surface area contributed by atoms with Gasteiger partial charge < -0.3 is 10.6 Å². The number of nitrogens with one attached hydrogen (secondary N) is 2. The van der Waals surface area contributed by atoms with Crippen molar-refractivity contribution >= 4 is 0 Å². The highest BCUT2D eigenvalue weighted by atomic mass is 15.1. The zero-order chi connectivity index (χ0) is 12.1. The van der Waals surface area contributed by atoms with E-state index in [4.69, 9.17) is 0 Å². The second-order valence-electron chi connectivity index (χ2n) is 5.16. The predicted octanol–water partition coefficient (Wildman–Crippen LogP) is 3.05. The summed E-state index contributed by atoms with van der Waals surface area (Å²) >= 11 is 0. The van der Waals surface area contributed by atoms with Gasteiger partial charge in [0.1, 0.15) is 0 Å². The fraction of sp³-hybridized carbons (Fsp3) is 0.846. The smallest absolute Gasteiger partial charge is 0.0550 e. The molecule has 0 aromatic heterocycles. The van der Waals surface area contributed by atoms with Crippen LogP contribution >= 0.6 is 0 Å². The highest BCUT2D eigenvalue weighted by Gasteiger charge is 2.27. The Labute approximate surface area is 95.5 Å². The minimum Gasteiger partial charge on any atom is -0.385 e. The van der Waals surface area contributed by atoms with Gasteiger partial charge >= 0.3 is 0 Å². The molecule has 2 N–H and O–H groups in total. The van der Waals surface area contributed by atoms with Crippen molar-refractivity contribution in [2.75, 3.05) is 0 Å². The zero-order valence-electron chi connectivity index (χ0n) is 11.3. The molecule has 0 aliphatic carbocycles. The zero-order valence-corrected chi connectivity index (χ0v) is 11.3. The van der Waals surface area contributed by atoms with Gasteiger partial charge in [0.15, 0.2) is 0 Å². The van der Waals surface area contributed by atoms with Gasteiger partial charge in [-0.1, -0.05) is 33.8 Å². The fourth-order valence-electron chi connectivity index (χ4n) is 1.96. The molecule has 0 saturated heterocycles. The summed E-state index contributed by atoms with van der Waals surface area (Å²) in [7, 11) is 0. The van der Waals surface area contributed by atoms with Gasteiger partial charge in [0.05, 0.1) is 5.54 Å². The summed E-state index contributed by atoms with van der Waals surface area (Å²) < 4.78 is 0. The Hall–Kier alpha value is -0.500. The summed E-state index contributed by atoms with van der Waals surface area (Å²) in [5, 5.41) is 7.02. The molecule has 1 atom stereocenters. The summed E-state index contributed by atoms with van der Waals surface area (Å²) in [4.78, 5) is 0. The van der Waals surface area contributed by atoms with E-state index in [1.54, 1.807) is 0 Å². The summed E-state index contributed by atoms with van der Waals surface area (Å²) in [6.07, 6.45) is 2.28. The summed E-state index contributed by atoms with van der Waals surface area (Å²) in [6, 6.07) is 0.926. The number of rotatable bonds is 7. The average molecular weight is 212 g/mol. The lowest BCUT2D eigenvalue weighted by Gasteiger charge is -2.36. The van der Waals surface area contributed by atoms with Crippen molar-refractivity contribution < 1.29 is 0 Å². The van der Waals surface area contributed by atoms with E-state index in [1.165, 1.54) is 0 Å². The van der Waals surface area contributed by atoms with E-state index in [2.05, 4.69) is 58.8 Å². The standard InChI is InChI=1S/C13H28N2/c1-8-9-13(7,15-11(4)5)12(6)14-10(2)3/h10-11,14-15H,6,8-9H2,1-5,7H3. The Kier molecular flexibility index (Phi) is 5.96. The van der Waals surface area contributed by atoms with Gasteiger partial charge in [0.25, 0.3) is 0 Å². The van der Waals surface area contributed by atoms with Crippen molar-refractivity contribution in [1.29, 1.82) is 0 Å². The molecule has 0 aliphatic heterocycles. The number of hydrogen-bond acceptors (Lipinski definition) is 2. The van der Waals surface area contributed by atoms with Gasteiger partial charge in [-0.3, -0.25) is 0 Å². The number of hydrogen-bond donors (Lipinski definition) is 2. The summed E-state index contributed by atoms with van der Waals surface area (Å²) in [5.41, 5.74) is 1.11. The van der Waals surface area contributed by atoms with Gasteiger partial charge in [-0.15, -0.1) is 0 Å². The van der Waals surface area contributed by atoms with E-state index < -0.39 is 0 Å². The lowest BCUT2D eigenvalue weighted by Crippen LogP contribution is -2.51. The Morgan fingerprint density at radius 1 is 1.20 bits per heavy atom. The molecule has 0 aliphatic rings.